The third kappa shape index (κ3) is 1.32. The van der Waals surface area contributed by atoms with Crippen LogP contribution in [0.5, 0.6) is 0 Å². The first-order chi connectivity index (χ1) is 8.18. The second kappa shape index (κ2) is 3.35. The number of carbonyl (C=O) groups is 2. The van der Waals surface area contributed by atoms with Gasteiger partial charge in [-0.3, -0.25) is 9.59 Å². The minimum atomic E-state index is -0.249. The van der Waals surface area contributed by atoms with Crippen molar-refractivity contribution in [1.82, 2.24) is 10.3 Å². The fourth-order valence-corrected chi connectivity index (χ4v) is 2.20. The summed E-state index contributed by atoms with van der Waals surface area (Å²) in [6, 6.07) is 5.32. The molecule has 1 amide bonds. The van der Waals surface area contributed by atoms with Crippen molar-refractivity contribution in [3.63, 3.8) is 0 Å². The smallest absolute Gasteiger partial charge is 0.268 e. The van der Waals surface area contributed by atoms with Crippen LogP contribution in [0.1, 0.15) is 27.3 Å². The Kier molecular flexibility index (Phi) is 1.95. The molecular weight excluding hydrogens is 218 g/mol. The van der Waals surface area contributed by atoms with E-state index in [9.17, 15) is 9.59 Å². The molecule has 1 aromatic carbocycles. The molecule has 0 saturated carbocycles. The topological polar surface area (TPSA) is 88.0 Å². The van der Waals surface area contributed by atoms with Crippen LogP contribution in [0.3, 0.4) is 0 Å². The summed E-state index contributed by atoms with van der Waals surface area (Å²) in [4.78, 5) is 26.7. The van der Waals surface area contributed by atoms with Crippen molar-refractivity contribution in [2.75, 3.05) is 12.3 Å². The number of amides is 1. The number of aromatic amines is 1. The van der Waals surface area contributed by atoms with Gasteiger partial charge in [-0.05, 0) is 6.07 Å². The van der Waals surface area contributed by atoms with Gasteiger partial charge in [0.25, 0.3) is 5.91 Å². The second-order valence-corrected chi connectivity index (χ2v) is 4.07. The molecule has 5 heteroatoms. The molecule has 2 heterocycles. The first-order valence-corrected chi connectivity index (χ1v) is 5.40. The van der Waals surface area contributed by atoms with Crippen molar-refractivity contribution in [3.8, 4) is 0 Å². The predicted molar refractivity (Wildman–Crippen MR) is 64.0 cm³/mol. The van der Waals surface area contributed by atoms with Crippen molar-refractivity contribution in [2.45, 2.75) is 6.42 Å². The van der Waals surface area contributed by atoms with Gasteiger partial charge in [-0.1, -0.05) is 12.1 Å². The lowest BCUT2D eigenvalue weighted by atomic mass is 10.0. The number of Topliss-reactive ketones (excluding diaryl/α,β-unsaturated/α-hetero) is 1. The lowest BCUT2D eigenvalue weighted by Gasteiger charge is -1.98. The zero-order valence-electron chi connectivity index (χ0n) is 9.04. The lowest BCUT2D eigenvalue weighted by Crippen LogP contribution is -2.23. The highest BCUT2D eigenvalue weighted by Crippen LogP contribution is 2.28. The molecule has 0 aliphatic carbocycles. The number of aromatic nitrogens is 1. The van der Waals surface area contributed by atoms with E-state index in [1.165, 1.54) is 0 Å². The molecule has 0 unspecified atom stereocenters. The number of carbonyl (C=O) groups excluding carboxylic acids is 2. The van der Waals surface area contributed by atoms with E-state index in [1.54, 1.807) is 18.2 Å². The minimum Gasteiger partial charge on any atom is -0.397 e. The second-order valence-electron chi connectivity index (χ2n) is 4.07. The number of nitrogen functional groups attached to an aromatic ring is 1. The van der Waals surface area contributed by atoms with E-state index in [0.29, 0.717) is 35.4 Å². The van der Waals surface area contributed by atoms with Gasteiger partial charge >= 0.3 is 0 Å². The highest BCUT2D eigenvalue weighted by atomic mass is 16.2. The van der Waals surface area contributed by atoms with Gasteiger partial charge < -0.3 is 16.0 Å². The Morgan fingerprint density at radius 2 is 2.06 bits per heavy atom. The van der Waals surface area contributed by atoms with Gasteiger partial charge in [-0.2, -0.15) is 0 Å². The zero-order valence-corrected chi connectivity index (χ0v) is 9.04. The highest BCUT2D eigenvalue weighted by molar-refractivity contribution is 6.18. The molecule has 86 valence electrons. The molecule has 0 spiro atoms. The molecule has 17 heavy (non-hydrogen) atoms. The Morgan fingerprint density at radius 1 is 1.24 bits per heavy atom. The van der Waals surface area contributed by atoms with Crippen LogP contribution in [0.25, 0.3) is 10.9 Å². The van der Waals surface area contributed by atoms with Gasteiger partial charge in [-0.15, -0.1) is 0 Å². The molecule has 1 aromatic heterocycles. The standard InChI is InChI=1S/C12H11N3O2/c13-7-3-1-2-6-9-8(16)4-5-14-12(17)11(9)15-10(6)7/h1-3,15H,4-5,13H2,(H,14,17). The molecule has 0 atom stereocenters. The molecule has 2 aromatic rings. The number of H-pyrrole nitrogens is 1. The summed E-state index contributed by atoms with van der Waals surface area (Å²) >= 11 is 0. The van der Waals surface area contributed by atoms with Crippen molar-refractivity contribution < 1.29 is 9.59 Å². The van der Waals surface area contributed by atoms with Crippen LogP contribution in [0, 0.1) is 0 Å². The van der Waals surface area contributed by atoms with Gasteiger partial charge in [0.15, 0.2) is 5.78 Å². The van der Waals surface area contributed by atoms with Crippen LogP contribution in [-0.2, 0) is 0 Å². The average molecular weight is 229 g/mol. The van der Waals surface area contributed by atoms with E-state index in [2.05, 4.69) is 10.3 Å². The largest absolute Gasteiger partial charge is 0.397 e. The van der Waals surface area contributed by atoms with Gasteiger partial charge in [-0.25, -0.2) is 0 Å². The number of hydrogen-bond donors (Lipinski definition) is 3. The molecule has 0 saturated heterocycles. The van der Waals surface area contributed by atoms with Crippen molar-refractivity contribution >= 4 is 28.3 Å². The number of ketones is 1. The van der Waals surface area contributed by atoms with Gasteiger partial charge in [0.2, 0.25) is 0 Å². The van der Waals surface area contributed by atoms with Crippen molar-refractivity contribution in [1.29, 1.82) is 0 Å². The van der Waals surface area contributed by atoms with E-state index in [4.69, 9.17) is 5.73 Å². The third-order valence-corrected chi connectivity index (χ3v) is 3.01. The SMILES string of the molecule is Nc1cccc2c3c([nH]c12)C(=O)NCCC3=O. The Balaban J connectivity index is 2.41. The van der Waals surface area contributed by atoms with E-state index in [1.807, 2.05) is 0 Å². The number of benzene rings is 1. The lowest BCUT2D eigenvalue weighted by molar-refractivity contribution is 0.0952. The maximum Gasteiger partial charge on any atom is 0.268 e. The van der Waals surface area contributed by atoms with Crippen LogP contribution in [-0.4, -0.2) is 23.2 Å². The molecule has 1 aliphatic rings. The molecule has 0 bridgehead atoms. The zero-order chi connectivity index (χ0) is 12.0. The number of nitrogens with one attached hydrogen (secondary N) is 2. The van der Waals surface area contributed by atoms with Crippen molar-refractivity contribution in [3.05, 3.63) is 29.5 Å². The highest BCUT2D eigenvalue weighted by Gasteiger charge is 2.26. The predicted octanol–water partition coefficient (Wildman–Crippen LogP) is 1.07. The number of nitrogens with two attached hydrogens (primary N) is 1. The summed E-state index contributed by atoms with van der Waals surface area (Å²) < 4.78 is 0. The summed E-state index contributed by atoms with van der Waals surface area (Å²) in [6.07, 6.45) is 0.320. The number of hydrogen-bond acceptors (Lipinski definition) is 3. The van der Waals surface area contributed by atoms with Gasteiger partial charge in [0.05, 0.1) is 16.8 Å². The number of fused-ring (bicyclic) bond motifs is 3. The maximum atomic E-state index is 12.0. The maximum absolute atomic E-state index is 12.0. The minimum absolute atomic E-state index is 0.0322. The van der Waals surface area contributed by atoms with E-state index >= 15 is 0 Å². The summed E-state index contributed by atoms with van der Waals surface area (Å²) in [7, 11) is 0. The van der Waals surface area contributed by atoms with Gasteiger partial charge in [0, 0.05) is 18.4 Å². The number of para-hydroxylation sites is 1. The third-order valence-electron chi connectivity index (χ3n) is 3.01. The molecule has 5 nitrogen and oxygen atoms in total. The normalized spacial score (nSPS) is 15.5. The molecular formula is C12H11N3O2. The Morgan fingerprint density at radius 3 is 2.88 bits per heavy atom. The van der Waals surface area contributed by atoms with Crippen LogP contribution >= 0.6 is 0 Å². The quantitative estimate of drug-likeness (QED) is 0.590. The Labute approximate surface area is 97.0 Å². The fourth-order valence-electron chi connectivity index (χ4n) is 2.20. The van der Waals surface area contributed by atoms with Crippen LogP contribution < -0.4 is 11.1 Å². The Hall–Kier alpha value is -2.30. The summed E-state index contributed by atoms with van der Waals surface area (Å²) in [5.74, 6) is -0.281. The molecule has 0 radical (unpaired) electrons. The first-order valence-electron chi connectivity index (χ1n) is 5.40. The summed E-state index contributed by atoms with van der Waals surface area (Å²) in [5, 5.41) is 3.40. The van der Waals surface area contributed by atoms with Crippen LogP contribution in [0.2, 0.25) is 0 Å². The number of anilines is 1. The van der Waals surface area contributed by atoms with Gasteiger partial charge in [0.1, 0.15) is 5.69 Å². The monoisotopic (exact) mass is 229 g/mol. The van der Waals surface area contributed by atoms with Crippen LogP contribution in [0.4, 0.5) is 5.69 Å². The molecule has 1 aliphatic heterocycles. The van der Waals surface area contributed by atoms with E-state index in [-0.39, 0.29) is 11.7 Å². The molecule has 3 rings (SSSR count). The van der Waals surface area contributed by atoms with E-state index in [0.717, 1.165) is 5.39 Å². The van der Waals surface area contributed by atoms with E-state index < -0.39 is 0 Å². The number of rotatable bonds is 0. The van der Waals surface area contributed by atoms with Crippen molar-refractivity contribution in [2.24, 2.45) is 0 Å². The average Bonchev–Trinajstić information content (AvgIpc) is 2.63. The molecule has 4 N–H and O–H groups in total. The fraction of sp³-hybridized carbons (Fsp3) is 0.167. The summed E-state index contributed by atoms with van der Waals surface area (Å²) in [6.45, 7) is 0.379. The Bertz CT molecular complexity index is 642. The summed E-state index contributed by atoms with van der Waals surface area (Å²) in [5.41, 5.74) is 7.80. The first kappa shape index (κ1) is 9.89. The van der Waals surface area contributed by atoms with Crippen LogP contribution in [0.15, 0.2) is 18.2 Å². The molecule has 0 fully saturated rings.